The van der Waals surface area contributed by atoms with Crippen molar-refractivity contribution in [2.45, 2.75) is 71.6 Å². The quantitative estimate of drug-likeness (QED) is 0.524. The number of ether oxygens (including phenoxy) is 1. The van der Waals surface area contributed by atoms with Gasteiger partial charge in [0.25, 0.3) is 0 Å². The van der Waals surface area contributed by atoms with Gasteiger partial charge < -0.3 is 4.74 Å². The normalized spacial score (nSPS) is 42.9. The van der Waals surface area contributed by atoms with E-state index < -0.39 is 0 Å². The van der Waals surface area contributed by atoms with Crippen molar-refractivity contribution in [2.75, 3.05) is 7.11 Å². The first-order valence-corrected chi connectivity index (χ1v) is 11.8. The Bertz CT molecular complexity index is 821. The molecule has 4 fully saturated rings. The van der Waals surface area contributed by atoms with Gasteiger partial charge in [0.1, 0.15) is 5.75 Å². The van der Waals surface area contributed by atoms with Crippen LogP contribution >= 0.6 is 0 Å². The lowest BCUT2D eigenvalue weighted by Crippen LogP contribution is -2.52. The molecule has 0 aromatic heterocycles. The Hall–Kier alpha value is -1.57. The second kappa shape index (κ2) is 7.00. The molecule has 5 rings (SSSR count). The maximum Gasteiger partial charge on any atom is 0.165 e. The number of methoxy groups -OCH3 is 1. The summed E-state index contributed by atoms with van der Waals surface area (Å²) in [5.41, 5.74) is 2.60. The number of Topliss-reactive ketones (excluding diaryl/α,β-unsaturated/α-hetero) is 1. The molecule has 156 valence electrons. The minimum absolute atomic E-state index is 0.128. The van der Waals surface area contributed by atoms with Crippen LogP contribution in [0, 0.1) is 34.5 Å². The van der Waals surface area contributed by atoms with Gasteiger partial charge in [-0.2, -0.15) is 0 Å². The highest BCUT2D eigenvalue weighted by Gasteiger charge is 2.60. The number of hydrogen-bond donors (Lipinski definition) is 0. The van der Waals surface area contributed by atoms with Gasteiger partial charge in [-0.1, -0.05) is 38.8 Å². The van der Waals surface area contributed by atoms with Crippen molar-refractivity contribution in [3.05, 3.63) is 35.4 Å². The molecule has 4 saturated carbocycles. The first kappa shape index (κ1) is 19.4. The minimum atomic E-state index is -0.128. The molecule has 4 aliphatic carbocycles. The molecule has 0 bridgehead atoms. The summed E-state index contributed by atoms with van der Waals surface area (Å²) in [6.45, 7) is 4.90. The first-order chi connectivity index (χ1) is 14.0. The van der Waals surface area contributed by atoms with Crippen molar-refractivity contribution in [1.29, 1.82) is 0 Å². The highest BCUT2D eigenvalue weighted by Crippen LogP contribution is 2.66. The lowest BCUT2D eigenvalue weighted by atomic mass is 9.45. The number of ketones is 1. The Balaban J connectivity index is 1.43. The zero-order valence-corrected chi connectivity index (χ0v) is 18.4. The van der Waals surface area contributed by atoms with Crippen molar-refractivity contribution in [2.24, 2.45) is 34.5 Å². The molecular weight excluding hydrogens is 356 g/mol. The Morgan fingerprint density at radius 2 is 1.76 bits per heavy atom. The van der Waals surface area contributed by atoms with Gasteiger partial charge in [0, 0.05) is 5.41 Å². The molecule has 0 unspecified atom stereocenters. The molecule has 4 aliphatic rings. The second-order valence-electron chi connectivity index (χ2n) is 10.8. The van der Waals surface area contributed by atoms with E-state index in [2.05, 4.69) is 32.1 Å². The maximum absolute atomic E-state index is 13.5. The largest absolute Gasteiger partial charge is 0.497 e. The first-order valence-electron chi connectivity index (χ1n) is 11.8. The summed E-state index contributed by atoms with van der Waals surface area (Å²) in [5, 5.41) is 0. The van der Waals surface area contributed by atoms with Crippen LogP contribution in [0.25, 0.3) is 6.08 Å². The van der Waals surface area contributed by atoms with Crippen molar-refractivity contribution in [1.82, 2.24) is 0 Å². The third-order valence-corrected chi connectivity index (χ3v) is 9.68. The Kier molecular flexibility index (Phi) is 4.68. The fourth-order valence-corrected chi connectivity index (χ4v) is 8.00. The molecule has 0 spiro atoms. The summed E-state index contributed by atoms with van der Waals surface area (Å²) in [7, 11) is 1.69. The van der Waals surface area contributed by atoms with E-state index in [1.54, 1.807) is 7.11 Å². The molecule has 1 aromatic carbocycles. The monoisotopic (exact) mass is 392 g/mol. The third-order valence-electron chi connectivity index (χ3n) is 9.68. The highest BCUT2D eigenvalue weighted by atomic mass is 16.5. The Morgan fingerprint density at radius 1 is 0.966 bits per heavy atom. The van der Waals surface area contributed by atoms with Gasteiger partial charge in [-0.3, -0.25) is 4.79 Å². The molecular formula is C27H36O2. The molecule has 0 amide bonds. The molecule has 0 radical (unpaired) electrons. The van der Waals surface area contributed by atoms with Crippen molar-refractivity contribution in [3.8, 4) is 5.75 Å². The van der Waals surface area contributed by atoms with Crippen molar-refractivity contribution in [3.63, 3.8) is 0 Å². The van der Waals surface area contributed by atoms with Gasteiger partial charge in [-0.05, 0) is 103 Å². The molecule has 0 N–H and O–H groups in total. The smallest absolute Gasteiger partial charge is 0.165 e. The van der Waals surface area contributed by atoms with Gasteiger partial charge in [0.05, 0.1) is 7.11 Å². The number of carbonyl (C=O) groups excluding carboxylic acids is 1. The van der Waals surface area contributed by atoms with E-state index in [0.717, 1.165) is 47.5 Å². The molecule has 0 saturated heterocycles. The van der Waals surface area contributed by atoms with Gasteiger partial charge in [-0.15, -0.1) is 0 Å². The summed E-state index contributed by atoms with van der Waals surface area (Å²) in [5.74, 6) is 4.39. The van der Waals surface area contributed by atoms with E-state index in [1.165, 1.54) is 44.9 Å². The van der Waals surface area contributed by atoms with Gasteiger partial charge >= 0.3 is 0 Å². The number of allylic oxidation sites excluding steroid dienone is 1. The van der Waals surface area contributed by atoms with Crippen LogP contribution in [-0.4, -0.2) is 12.9 Å². The van der Waals surface area contributed by atoms with Crippen LogP contribution in [0.5, 0.6) is 5.75 Å². The van der Waals surface area contributed by atoms with E-state index in [0.29, 0.717) is 17.1 Å². The number of fused-ring (bicyclic) bond motifs is 5. The predicted molar refractivity (Wildman–Crippen MR) is 118 cm³/mol. The number of rotatable bonds is 2. The Morgan fingerprint density at radius 3 is 2.52 bits per heavy atom. The fraction of sp³-hybridized carbons (Fsp3) is 0.667. The van der Waals surface area contributed by atoms with E-state index in [-0.39, 0.29) is 5.41 Å². The zero-order valence-electron chi connectivity index (χ0n) is 18.4. The summed E-state index contributed by atoms with van der Waals surface area (Å²) >= 11 is 0. The van der Waals surface area contributed by atoms with Crippen LogP contribution in [0.2, 0.25) is 0 Å². The molecule has 0 aliphatic heterocycles. The minimum Gasteiger partial charge on any atom is -0.497 e. The van der Waals surface area contributed by atoms with Crippen LogP contribution in [0.4, 0.5) is 0 Å². The Labute approximate surface area is 176 Å². The molecule has 2 nitrogen and oxygen atoms in total. The van der Waals surface area contributed by atoms with E-state index in [1.807, 2.05) is 12.1 Å². The lowest BCUT2D eigenvalue weighted by molar-refractivity contribution is -0.137. The summed E-state index contributed by atoms with van der Waals surface area (Å²) in [4.78, 5) is 13.5. The molecule has 1 aromatic rings. The maximum atomic E-state index is 13.5. The molecule has 0 heterocycles. The highest BCUT2D eigenvalue weighted by molar-refractivity contribution is 6.05. The standard InChI is InChI=1S/C27H36O2/c1-26-14-5-4-6-20(26)9-12-22-23(26)13-15-27(2)24(22)17-19(25(27)28)16-18-7-10-21(29-3)11-8-18/h7-8,10-11,16,20,22-24H,4-6,9,12-15,17H2,1-3H3/b19-16+/t20-,22-,23-,24-,26+,27-/m1/s1. The summed E-state index contributed by atoms with van der Waals surface area (Å²) in [6.07, 6.45) is 14.0. The average Bonchev–Trinajstić information content (AvgIpc) is 2.99. The van der Waals surface area contributed by atoms with Gasteiger partial charge in [-0.25, -0.2) is 0 Å². The van der Waals surface area contributed by atoms with Crippen LogP contribution < -0.4 is 4.74 Å². The van der Waals surface area contributed by atoms with E-state index in [4.69, 9.17) is 4.74 Å². The predicted octanol–water partition coefficient (Wildman–Crippen LogP) is 6.69. The van der Waals surface area contributed by atoms with E-state index >= 15 is 0 Å². The zero-order chi connectivity index (χ0) is 20.2. The molecule has 6 atom stereocenters. The average molecular weight is 393 g/mol. The van der Waals surface area contributed by atoms with Crippen molar-refractivity contribution < 1.29 is 9.53 Å². The topological polar surface area (TPSA) is 26.3 Å². The molecule has 29 heavy (non-hydrogen) atoms. The van der Waals surface area contributed by atoms with Crippen molar-refractivity contribution >= 4 is 11.9 Å². The summed E-state index contributed by atoms with van der Waals surface area (Å²) in [6, 6.07) is 8.12. The van der Waals surface area contributed by atoms with Crippen LogP contribution in [-0.2, 0) is 4.79 Å². The second-order valence-corrected chi connectivity index (χ2v) is 10.8. The number of hydrogen-bond acceptors (Lipinski definition) is 2. The van der Waals surface area contributed by atoms with Gasteiger partial charge in [0.2, 0.25) is 0 Å². The van der Waals surface area contributed by atoms with Crippen LogP contribution in [0.1, 0.15) is 77.2 Å². The van der Waals surface area contributed by atoms with Crippen LogP contribution in [0.15, 0.2) is 29.8 Å². The number of benzene rings is 1. The SMILES string of the molecule is COc1ccc(/C=C2\C[C@@H]3[C@@H]4CC[C@H]5CCCC[C@]5(C)[C@@H]4CC[C@@]3(C)C2=O)cc1. The molecule has 2 heteroatoms. The fourth-order valence-electron chi connectivity index (χ4n) is 8.00. The van der Waals surface area contributed by atoms with Gasteiger partial charge in [0.15, 0.2) is 5.78 Å². The lowest BCUT2D eigenvalue weighted by Gasteiger charge is -2.59. The summed E-state index contributed by atoms with van der Waals surface area (Å²) < 4.78 is 5.28. The van der Waals surface area contributed by atoms with Crippen LogP contribution in [0.3, 0.4) is 0 Å². The third kappa shape index (κ3) is 2.93. The van der Waals surface area contributed by atoms with E-state index in [9.17, 15) is 4.79 Å². The number of carbonyl (C=O) groups is 1.